The van der Waals surface area contributed by atoms with E-state index in [-0.39, 0.29) is 5.82 Å². The number of aromatic nitrogens is 4. The Morgan fingerprint density at radius 1 is 1.03 bits per heavy atom. The first-order valence-corrected chi connectivity index (χ1v) is 9.79. The zero-order valence-corrected chi connectivity index (χ0v) is 16.6. The summed E-state index contributed by atoms with van der Waals surface area (Å²) in [5.41, 5.74) is 0.572. The summed E-state index contributed by atoms with van der Waals surface area (Å²) in [7, 11) is 0. The van der Waals surface area contributed by atoms with Gasteiger partial charge in [-0.2, -0.15) is 5.10 Å². The van der Waals surface area contributed by atoms with Crippen molar-refractivity contribution in [3.63, 3.8) is 0 Å². The fourth-order valence-electron chi connectivity index (χ4n) is 2.77. The number of nitrogens with one attached hydrogen (secondary N) is 1. The molecule has 0 saturated carbocycles. The van der Waals surface area contributed by atoms with E-state index in [2.05, 4.69) is 20.4 Å². The Bertz CT molecular complexity index is 1280. The standard InChI is InChI=1S/C20H13F4N5OS/c1-10(19(30)28-15-7-6-14(22)16(23)17(15)24)31-20-13-8-27-29(18(13)25-9-26-20)12-4-2-11(21)3-5-12/h2-10H,1H3,(H,28,30). The monoisotopic (exact) mass is 447 g/mol. The average Bonchev–Trinajstić information content (AvgIpc) is 3.20. The molecular weight excluding hydrogens is 434 g/mol. The zero-order valence-electron chi connectivity index (χ0n) is 15.8. The van der Waals surface area contributed by atoms with Gasteiger partial charge in [0.25, 0.3) is 0 Å². The van der Waals surface area contributed by atoms with Crippen LogP contribution in [0.15, 0.2) is 53.9 Å². The van der Waals surface area contributed by atoms with Gasteiger partial charge in [-0.1, -0.05) is 11.8 Å². The molecule has 158 valence electrons. The Hall–Kier alpha value is -3.47. The van der Waals surface area contributed by atoms with Crippen LogP contribution in [0, 0.1) is 23.3 Å². The molecule has 2 aromatic heterocycles. The van der Waals surface area contributed by atoms with Crippen LogP contribution in [0.3, 0.4) is 0 Å². The molecule has 1 unspecified atom stereocenters. The number of anilines is 1. The van der Waals surface area contributed by atoms with Crippen LogP contribution in [0.25, 0.3) is 16.7 Å². The van der Waals surface area contributed by atoms with Gasteiger partial charge in [0, 0.05) is 0 Å². The summed E-state index contributed by atoms with van der Waals surface area (Å²) in [6.07, 6.45) is 2.81. The van der Waals surface area contributed by atoms with Gasteiger partial charge in [0.15, 0.2) is 23.1 Å². The topological polar surface area (TPSA) is 72.7 Å². The molecule has 0 aliphatic heterocycles. The number of nitrogens with zero attached hydrogens (tertiary/aromatic N) is 4. The molecule has 0 aliphatic carbocycles. The highest BCUT2D eigenvalue weighted by Crippen LogP contribution is 2.30. The van der Waals surface area contributed by atoms with Gasteiger partial charge in [0.2, 0.25) is 5.91 Å². The van der Waals surface area contributed by atoms with E-state index in [9.17, 15) is 22.4 Å². The second-order valence-corrected chi connectivity index (χ2v) is 7.75. The van der Waals surface area contributed by atoms with E-state index in [4.69, 9.17) is 0 Å². The van der Waals surface area contributed by atoms with Crippen molar-refractivity contribution in [2.75, 3.05) is 5.32 Å². The van der Waals surface area contributed by atoms with Crippen molar-refractivity contribution in [3.8, 4) is 5.69 Å². The predicted octanol–water partition coefficient (Wildman–Crippen LogP) is 4.49. The molecular formula is C20H13F4N5OS. The molecule has 1 N–H and O–H groups in total. The number of halogens is 4. The first-order valence-electron chi connectivity index (χ1n) is 8.91. The molecule has 2 heterocycles. The van der Waals surface area contributed by atoms with Gasteiger partial charge in [-0.15, -0.1) is 0 Å². The number of thioether (sulfide) groups is 1. The summed E-state index contributed by atoms with van der Waals surface area (Å²) in [5.74, 6) is -5.50. The maximum atomic E-state index is 13.8. The summed E-state index contributed by atoms with van der Waals surface area (Å²) < 4.78 is 54.9. The molecule has 1 atom stereocenters. The van der Waals surface area contributed by atoms with E-state index in [1.54, 1.807) is 19.1 Å². The maximum Gasteiger partial charge on any atom is 0.237 e. The van der Waals surface area contributed by atoms with Crippen LogP contribution in [0.4, 0.5) is 23.2 Å². The van der Waals surface area contributed by atoms with Gasteiger partial charge < -0.3 is 5.32 Å². The maximum absolute atomic E-state index is 13.8. The lowest BCUT2D eigenvalue weighted by Gasteiger charge is -2.13. The van der Waals surface area contributed by atoms with Crippen molar-refractivity contribution in [2.45, 2.75) is 17.2 Å². The van der Waals surface area contributed by atoms with Crippen LogP contribution in [0.5, 0.6) is 0 Å². The highest BCUT2D eigenvalue weighted by molar-refractivity contribution is 8.00. The van der Waals surface area contributed by atoms with Crippen LogP contribution in [-0.4, -0.2) is 30.9 Å². The van der Waals surface area contributed by atoms with Gasteiger partial charge in [-0.3, -0.25) is 4.79 Å². The number of hydrogen-bond donors (Lipinski definition) is 1. The summed E-state index contributed by atoms with van der Waals surface area (Å²) in [4.78, 5) is 20.8. The van der Waals surface area contributed by atoms with Gasteiger partial charge in [-0.25, -0.2) is 32.2 Å². The van der Waals surface area contributed by atoms with Gasteiger partial charge >= 0.3 is 0 Å². The van der Waals surface area contributed by atoms with Crippen LogP contribution in [0.2, 0.25) is 0 Å². The Balaban J connectivity index is 1.56. The van der Waals surface area contributed by atoms with Crippen LogP contribution in [-0.2, 0) is 4.79 Å². The summed E-state index contributed by atoms with van der Waals surface area (Å²) in [6, 6.07) is 7.35. The fourth-order valence-corrected chi connectivity index (χ4v) is 3.65. The van der Waals surface area contributed by atoms with Crippen LogP contribution >= 0.6 is 11.8 Å². The van der Waals surface area contributed by atoms with Crippen molar-refractivity contribution in [1.29, 1.82) is 0 Å². The molecule has 1 amide bonds. The Morgan fingerprint density at radius 2 is 1.77 bits per heavy atom. The van der Waals surface area contributed by atoms with Crippen molar-refractivity contribution >= 4 is 34.4 Å². The molecule has 0 spiro atoms. The third-order valence-electron chi connectivity index (χ3n) is 4.35. The number of fused-ring (bicyclic) bond motifs is 1. The minimum atomic E-state index is -1.66. The van der Waals surface area contributed by atoms with E-state index < -0.39 is 34.3 Å². The van der Waals surface area contributed by atoms with Gasteiger partial charge in [0.05, 0.1) is 28.2 Å². The molecule has 4 rings (SSSR count). The van der Waals surface area contributed by atoms with Crippen LogP contribution < -0.4 is 5.32 Å². The van der Waals surface area contributed by atoms with E-state index >= 15 is 0 Å². The van der Waals surface area contributed by atoms with Crippen molar-refractivity contribution in [1.82, 2.24) is 19.7 Å². The highest BCUT2D eigenvalue weighted by Gasteiger charge is 2.21. The van der Waals surface area contributed by atoms with Crippen LogP contribution in [0.1, 0.15) is 6.92 Å². The fraction of sp³-hybridized carbons (Fsp3) is 0.100. The smallest absolute Gasteiger partial charge is 0.237 e. The summed E-state index contributed by atoms with van der Waals surface area (Å²) >= 11 is 1.06. The molecule has 0 radical (unpaired) electrons. The van der Waals surface area contributed by atoms with E-state index in [1.165, 1.54) is 29.3 Å². The normalized spacial score (nSPS) is 12.2. The first kappa shape index (κ1) is 20.8. The number of carbonyl (C=O) groups is 1. The average molecular weight is 447 g/mol. The Labute approximate surface area is 177 Å². The molecule has 2 aromatic carbocycles. The molecule has 11 heteroatoms. The molecule has 0 aliphatic rings. The van der Waals surface area contributed by atoms with E-state index in [0.717, 1.165) is 23.9 Å². The molecule has 6 nitrogen and oxygen atoms in total. The van der Waals surface area contributed by atoms with E-state index in [1.807, 2.05) is 0 Å². The lowest BCUT2D eigenvalue weighted by molar-refractivity contribution is -0.115. The lowest BCUT2D eigenvalue weighted by atomic mass is 10.2. The molecule has 31 heavy (non-hydrogen) atoms. The SMILES string of the molecule is CC(Sc1ncnc2c1cnn2-c1ccc(F)cc1)C(=O)Nc1ccc(F)c(F)c1F. The summed E-state index contributed by atoms with van der Waals surface area (Å²) in [6.45, 7) is 1.55. The zero-order chi connectivity index (χ0) is 22.1. The van der Waals surface area contributed by atoms with Crippen molar-refractivity contribution in [2.24, 2.45) is 0 Å². The Morgan fingerprint density at radius 3 is 2.52 bits per heavy atom. The minimum absolute atomic E-state index is 0.386. The number of benzene rings is 2. The minimum Gasteiger partial charge on any atom is -0.323 e. The first-order chi connectivity index (χ1) is 14.8. The Kier molecular flexibility index (Phi) is 5.59. The number of hydrogen-bond acceptors (Lipinski definition) is 5. The highest BCUT2D eigenvalue weighted by atomic mass is 32.2. The molecule has 0 bridgehead atoms. The third kappa shape index (κ3) is 4.08. The summed E-state index contributed by atoms with van der Waals surface area (Å²) in [5, 5.41) is 6.72. The van der Waals surface area contributed by atoms with E-state index in [0.29, 0.717) is 21.7 Å². The quantitative estimate of drug-likeness (QED) is 0.211. The molecule has 0 fully saturated rings. The number of amides is 1. The largest absolute Gasteiger partial charge is 0.323 e. The van der Waals surface area contributed by atoms with Crippen molar-refractivity contribution in [3.05, 3.63) is 72.2 Å². The van der Waals surface area contributed by atoms with Gasteiger partial charge in [0.1, 0.15) is 17.2 Å². The number of rotatable bonds is 5. The van der Waals surface area contributed by atoms with Gasteiger partial charge in [-0.05, 0) is 43.3 Å². The lowest BCUT2D eigenvalue weighted by Crippen LogP contribution is -2.23. The second kappa shape index (κ2) is 8.34. The third-order valence-corrected chi connectivity index (χ3v) is 5.47. The van der Waals surface area contributed by atoms with Crippen molar-refractivity contribution < 1.29 is 22.4 Å². The predicted molar refractivity (Wildman–Crippen MR) is 107 cm³/mol. The molecule has 4 aromatic rings. The second-order valence-electron chi connectivity index (χ2n) is 6.42. The molecule has 0 saturated heterocycles. The number of carbonyl (C=O) groups excluding carboxylic acids is 1.